The highest BCUT2D eigenvalue weighted by Gasteiger charge is 2.02. The van der Waals surface area contributed by atoms with E-state index in [1.165, 1.54) is 4.90 Å². The minimum atomic E-state index is 0.297. The molecule has 15 heavy (non-hydrogen) atoms. The van der Waals surface area contributed by atoms with E-state index in [9.17, 15) is 5.11 Å². The van der Waals surface area contributed by atoms with Gasteiger partial charge >= 0.3 is 0 Å². The van der Waals surface area contributed by atoms with E-state index in [0.29, 0.717) is 5.75 Å². The van der Waals surface area contributed by atoms with Gasteiger partial charge in [0.1, 0.15) is 0 Å². The number of pyridine rings is 1. The quantitative estimate of drug-likeness (QED) is 0.632. The molecule has 0 radical (unpaired) electrons. The molecule has 0 bridgehead atoms. The van der Waals surface area contributed by atoms with E-state index in [-0.39, 0.29) is 0 Å². The van der Waals surface area contributed by atoms with Crippen LogP contribution in [-0.2, 0) is 5.88 Å². The zero-order valence-corrected chi connectivity index (χ0v) is 9.02. The molecule has 1 aromatic carbocycles. The van der Waals surface area contributed by atoms with Crippen LogP contribution < -0.4 is 4.57 Å². The standard InChI is InChI=1S/C12H11NOS/c14-11-5-4-8-13(9-11)10-15-12-6-2-1-3-7-12/h1-9H,10H2/p+1. The molecule has 1 aromatic heterocycles. The maximum atomic E-state index is 9.28. The monoisotopic (exact) mass is 218 g/mol. The second-order valence-corrected chi connectivity index (χ2v) is 4.18. The number of hydrogen-bond donors (Lipinski definition) is 1. The molecule has 0 unspecified atom stereocenters. The molecular formula is C12H12NOS+. The first kappa shape index (κ1) is 10.1. The molecule has 0 aliphatic heterocycles. The van der Waals surface area contributed by atoms with E-state index in [1.54, 1.807) is 24.0 Å². The summed E-state index contributed by atoms with van der Waals surface area (Å²) in [5.74, 6) is 1.10. The van der Waals surface area contributed by atoms with Crippen molar-refractivity contribution in [3.8, 4) is 5.75 Å². The van der Waals surface area contributed by atoms with Gasteiger partial charge in [0.05, 0.1) is 0 Å². The van der Waals surface area contributed by atoms with E-state index in [2.05, 4.69) is 12.1 Å². The van der Waals surface area contributed by atoms with Crippen molar-refractivity contribution in [2.45, 2.75) is 10.8 Å². The van der Waals surface area contributed by atoms with Gasteiger partial charge in [0, 0.05) is 11.0 Å². The lowest BCUT2D eigenvalue weighted by molar-refractivity contribution is -0.676. The molecule has 1 heterocycles. The maximum Gasteiger partial charge on any atom is 0.211 e. The molecule has 0 aliphatic rings. The Morgan fingerprint density at radius 1 is 1.07 bits per heavy atom. The molecule has 3 heteroatoms. The molecule has 0 saturated heterocycles. The fraction of sp³-hybridized carbons (Fsp3) is 0.0833. The molecule has 2 rings (SSSR count). The fourth-order valence-electron chi connectivity index (χ4n) is 1.25. The summed E-state index contributed by atoms with van der Waals surface area (Å²) in [6.07, 6.45) is 3.66. The minimum Gasteiger partial charge on any atom is -0.503 e. The predicted octanol–water partition coefficient (Wildman–Crippen LogP) is 2.43. The lowest BCUT2D eigenvalue weighted by Crippen LogP contribution is -2.30. The van der Waals surface area contributed by atoms with Crippen molar-refractivity contribution in [2.75, 3.05) is 0 Å². The van der Waals surface area contributed by atoms with Crippen molar-refractivity contribution >= 4 is 11.8 Å². The van der Waals surface area contributed by atoms with Crippen molar-refractivity contribution in [1.29, 1.82) is 0 Å². The molecule has 1 N–H and O–H groups in total. The van der Waals surface area contributed by atoms with E-state index in [0.717, 1.165) is 5.88 Å². The van der Waals surface area contributed by atoms with Gasteiger partial charge < -0.3 is 5.11 Å². The Hall–Kier alpha value is -1.48. The molecule has 76 valence electrons. The Morgan fingerprint density at radius 3 is 2.60 bits per heavy atom. The Kier molecular flexibility index (Phi) is 3.25. The average molecular weight is 218 g/mol. The van der Waals surface area contributed by atoms with Crippen LogP contribution in [0.5, 0.6) is 5.75 Å². The summed E-state index contributed by atoms with van der Waals surface area (Å²) in [7, 11) is 0. The van der Waals surface area contributed by atoms with Crippen LogP contribution >= 0.6 is 11.8 Å². The topological polar surface area (TPSA) is 24.1 Å². The summed E-state index contributed by atoms with van der Waals surface area (Å²) >= 11 is 1.73. The molecular weight excluding hydrogens is 206 g/mol. The smallest absolute Gasteiger partial charge is 0.211 e. The molecule has 0 fully saturated rings. The minimum absolute atomic E-state index is 0.297. The average Bonchev–Trinajstić information content (AvgIpc) is 2.28. The highest BCUT2D eigenvalue weighted by molar-refractivity contribution is 7.98. The van der Waals surface area contributed by atoms with Crippen LogP contribution in [0.4, 0.5) is 0 Å². The second-order valence-electron chi connectivity index (χ2n) is 3.16. The van der Waals surface area contributed by atoms with Gasteiger partial charge in [-0.3, -0.25) is 0 Å². The van der Waals surface area contributed by atoms with E-state index in [4.69, 9.17) is 0 Å². The number of aromatic nitrogens is 1. The van der Waals surface area contributed by atoms with Crippen LogP contribution in [0.3, 0.4) is 0 Å². The normalized spacial score (nSPS) is 10.1. The summed E-state index contributed by atoms with van der Waals surface area (Å²) < 4.78 is 1.95. The highest BCUT2D eigenvalue weighted by Crippen LogP contribution is 2.16. The van der Waals surface area contributed by atoms with Crippen molar-refractivity contribution in [1.82, 2.24) is 0 Å². The third-order valence-corrected chi connectivity index (χ3v) is 3.00. The summed E-state index contributed by atoms with van der Waals surface area (Å²) in [5.41, 5.74) is 0. The third-order valence-electron chi connectivity index (χ3n) is 1.97. The molecule has 2 aromatic rings. The van der Waals surface area contributed by atoms with Gasteiger partial charge in [-0.05, 0) is 18.2 Å². The van der Waals surface area contributed by atoms with Gasteiger partial charge in [0.15, 0.2) is 17.8 Å². The Balaban J connectivity index is 1.99. The van der Waals surface area contributed by atoms with Crippen molar-refractivity contribution in [2.24, 2.45) is 0 Å². The molecule has 2 nitrogen and oxygen atoms in total. The first-order valence-corrected chi connectivity index (χ1v) is 5.69. The van der Waals surface area contributed by atoms with Gasteiger partial charge in [-0.15, -0.1) is 0 Å². The van der Waals surface area contributed by atoms with E-state index in [1.807, 2.05) is 35.0 Å². The summed E-state index contributed by atoms with van der Waals surface area (Å²) in [4.78, 5) is 1.23. The third kappa shape index (κ3) is 2.99. The predicted molar refractivity (Wildman–Crippen MR) is 60.6 cm³/mol. The summed E-state index contributed by atoms with van der Waals surface area (Å²) in [5, 5.41) is 9.28. The van der Waals surface area contributed by atoms with Crippen LogP contribution in [0, 0.1) is 0 Å². The molecule has 0 saturated carbocycles. The zero-order chi connectivity index (χ0) is 10.5. The maximum absolute atomic E-state index is 9.28. The number of hydrogen-bond acceptors (Lipinski definition) is 2. The Morgan fingerprint density at radius 2 is 1.87 bits per heavy atom. The number of rotatable bonds is 3. The largest absolute Gasteiger partial charge is 0.503 e. The number of benzene rings is 1. The summed E-state index contributed by atoms with van der Waals surface area (Å²) in [6, 6.07) is 13.7. The van der Waals surface area contributed by atoms with Crippen molar-refractivity contribution < 1.29 is 9.67 Å². The molecule has 0 spiro atoms. The number of aromatic hydroxyl groups is 1. The van der Waals surface area contributed by atoms with Crippen LogP contribution in [0.25, 0.3) is 0 Å². The van der Waals surface area contributed by atoms with Gasteiger partial charge in [0.2, 0.25) is 6.20 Å². The number of nitrogens with zero attached hydrogens (tertiary/aromatic N) is 1. The lowest BCUT2D eigenvalue weighted by Gasteiger charge is -1.97. The zero-order valence-electron chi connectivity index (χ0n) is 8.21. The second kappa shape index (κ2) is 4.84. The first-order chi connectivity index (χ1) is 7.34. The Labute approximate surface area is 93.2 Å². The Bertz CT molecular complexity index is 431. The van der Waals surface area contributed by atoms with Gasteiger partial charge in [0.25, 0.3) is 0 Å². The lowest BCUT2D eigenvalue weighted by atomic mass is 10.4. The van der Waals surface area contributed by atoms with Crippen LogP contribution in [0.1, 0.15) is 0 Å². The van der Waals surface area contributed by atoms with Crippen LogP contribution in [0.2, 0.25) is 0 Å². The highest BCUT2D eigenvalue weighted by atomic mass is 32.2. The van der Waals surface area contributed by atoms with Crippen molar-refractivity contribution in [3.63, 3.8) is 0 Å². The van der Waals surface area contributed by atoms with Crippen LogP contribution in [-0.4, -0.2) is 5.11 Å². The van der Waals surface area contributed by atoms with E-state index < -0.39 is 0 Å². The SMILES string of the molecule is Oc1ccc[n+](CSc2ccccc2)c1. The first-order valence-electron chi connectivity index (χ1n) is 4.70. The van der Waals surface area contributed by atoms with Crippen LogP contribution in [0.15, 0.2) is 59.8 Å². The number of thioether (sulfide) groups is 1. The molecule has 0 aliphatic carbocycles. The van der Waals surface area contributed by atoms with Gasteiger partial charge in [-0.2, -0.15) is 4.57 Å². The van der Waals surface area contributed by atoms with Gasteiger partial charge in [-0.1, -0.05) is 30.0 Å². The van der Waals surface area contributed by atoms with E-state index >= 15 is 0 Å². The fourth-order valence-corrected chi connectivity index (χ4v) is 2.06. The summed E-state index contributed by atoms with van der Waals surface area (Å²) in [6.45, 7) is 0. The van der Waals surface area contributed by atoms with Crippen molar-refractivity contribution in [3.05, 3.63) is 54.9 Å². The molecule has 0 amide bonds. The molecule has 0 atom stereocenters. The van der Waals surface area contributed by atoms with Gasteiger partial charge in [-0.25, -0.2) is 0 Å².